The third-order valence-corrected chi connectivity index (χ3v) is 14.1. The Hall–Kier alpha value is -6.00. The summed E-state index contributed by atoms with van der Waals surface area (Å²) in [6.07, 6.45) is 7.79. The van der Waals surface area contributed by atoms with Gasteiger partial charge in [-0.15, -0.1) is 0 Å². The van der Waals surface area contributed by atoms with Crippen LogP contribution in [0.3, 0.4) is 0 Å². The largest absolute Gasteiger partial charge is 0.457 e. The van der Waals surface area contributed by atoms with Gasteiger partial charge in [0, 0.05) is 38.4 Å². The summed E-state index contributed by atoms with van der Waals surface area (Å²) >= 11 is 0. The molecule has 3 heterocycles. The minimum atomic E-state index is -0.528. The lowest BCUT2D eigenvalue weighted by molar-refractivity contribution is -0.00929. The SMILES string of the molecule is c1ccc2c(c1)Oc1ccccc1C21c2ccccc2-c2ccc(-c3cc(-c4ccc5oc6ccccc6c5c4)nc(C45CC6C[C@H](C4)C[C@@H](C6)C5)n3)cc21. The molecule has 2 aromatic heterocycles. The fourth-order valence-corrected chi connectivity index (χ4v) is 12.3. The van der Waals surface area contributed by atoms with E-state index in [2.05, 4.69) is 133 Å². The van der Waals surface area contributed by atoms with Crippen molar-refractivity contribution in [2.45, 2.75) is 49.4 Å². The van der Waals surface area contributed by atoms with Gasteiger partial charge in [0.15, 0.2) is 0 Å². The van der Waals surface area contributed by atoms with Crippen molar-refractivity contribution >= 4 is 21.9 Å². The Kier molecular flexibility index (Phi) is 5.97. The Bertz CT molecular complexity index is 2840. The number of rotatable bonds is 3. The lowest BCUT2D eigenvalue weighted by atomic mass is 9.49. The molecule has 264 valence electrons. The summed E-state index contributed by atoms with van der Waals surface area (Å²) in [5.74, 6) is 5.25. The molecule has 6 aromatic carbocycles. The first-order valence-electron chi connectivity index (χ1n) is 20.1. The van der Waals surface area contributed by atoms with E-state index in [1.807, 2.05) is 6.07 Å². The molecular formula is C51H38N2O2. The van der Waals surface area contributed by atoms with Gasteiger partial charge in [0.05, 0.1) is 16.8 Å². The molecule has 4 fully saturated rings. The van der Waals surface area contributed by atoms with Crippen LogP contribution < -0.4 is 4.74 Å². The molecule has 8 aromatic rings. The summed E-state index contributed by atoms with van der Waals surface area (Å²) in [5, 5.41) is 2.26. The molecular weight excluding hydrogens is 673 g/mol. The fourth-order valence-electron chi connectivity index (χ4n) is 12.3. The van der Waals surface area contributed by atoms with Crippen LogP contribution in [0, 0.1) is 17.8 Å². The van der Waals surface area contributed by atoms with Crippen molar-refractivity contribution in [2.24, 2.45) is 17.8 Å². The summed E-state index contributed by atoms with van der Waals surface area (Å²) in [7, 11) is 0. The molecule has 1 spiro atoms. The van der Waals surface area contributed by atoms with Gasteiger partial charge in [0.2, 0.25) is 0 Å². The van der Waals surface area contributed by atoms with Crippen molar-refractivity contribution in [3.05, 3.63) is 168 Å². The molecule has 1 aliphatic heterocycles. The van der Waals surface area contributed by atoms with Crippen LogP contribution in [0.15, 0.2) is 144 Å². The van der Waals surface area contributed by atoms with Gasteiger partial charge >= 0.3 is 0 Å². The van der Waals surface area contributed by atoms with Crippen LogP contribution in [-0.4, -0.2) is 9.97 Å². The van der Waals surface area contributed by atoms with Crippen LogP contribution in [0.4, 0.5) is 0 Å². The smallest absolute Gasteiger partial charge is 0.135 e. The standard InChI is InChI=1S/C51H38N2O2/c1-3-11-39-35(9-1)36-19-17-34(25-42(36)51(39)40-12-4-7-15-47(40)55-48-16-8-5-13-41(48)51)44-26-43(33-18-20-46-38(24-33)37-10-2-6-14-45(37)54-46)52-49(53-44)50-27-30-21-31(28-50)23-32(22-30)29-50/h1-20,24-26,30-32H,21-23,27-29H2/t30-,31+,32?,50?. The van der Waals surface area contributed by atoms with Crippen molar-refractivity contribution < 1.29 is 9.15 Å². The van der Waals surface area contributed by atoms with Gasteiger partial charge in [0.1, 0.15) is 28.5 Å². The number of nitrogens with zero attached hydrogens (tertiary/aromatic N) is 2. The minimum absolute atomic E-state index is 0.0404. The number of fused-ring (bicyclic) bond motifs is 12. The first-order valence-corrected chi connectivity index (χ1v) is 20.1. The molecule has 4 bridgehead atoms. The summed E-state index contributed by atoms with van der Waals surface area (Å²) in [6.45, 7) is 0. The second-order valence-corrected chi connectivity index (χ2v) is 17.1. The Balaban J connectivity index is 1.05. The molecule has 0 saturated heterocycles. The highest BCUT2D eigenvalue weighted by atomic mass is 16.5. The average Bonchev–Trinajstić information content (AvgIpc) is 3.74. The second-order valence-electron chi connectivity index (χ2n) is 17.1. The van der Waals surface area contributed by atoms with Gasteiger partial charge < -0.3 is 9.15 Å². The van der Waals surface area contributed by atoms with Gasteiger partial charge in [-0.1, -0.05) is 91.0 Å². The zero-order chi connectivity index (χ0) is 35.9. The molecule has 0 N–H and O–H groups in total. The zero-order valence-electron chi connectivity index (χ0n) is 30.5. The van der Waals surface area contributed by atoms with Gasteiger partial charge in [-0.2, -0.15) is 0 Å². The van der Waals surface area contributed by atoms with Crippen LogP contribution in [-0.2, 0) is 10.8 Å². The van der Waals surface area contributed by atoms with E-state index in [-0.39, 0.29) is 5.41 Å². The first-order chi connectivity index (χ1) is 27.1. The maximum atomic E-state index is 6.63. The molecule has 14 rings (SSSR count). The van der Waals surface area contributed by atoms with Gasteiger partial charge in [-0.3, -0.25) is 0 Å². The highest BCUT2D eigenvalue weighted by Crippen LogP contribution is 2.63. The van der Waals surface area contributed by atoms with E-state index < -0.39 is 5.41 Å². The maximum absolute atomic E-state index is 6.63. The van der Waals surface area contributed by atoms with Crippen molar-refractivity contribution in [1.82, 2.24) is 9.97 Å². The van der Waals surface area contributed by atoms with E-state index in [0.717, 1.165) is 79.5 Å². The molecule has 0 atom stereocenters. The molecule has 0 amide bonds. The van der Waals surface area contributed by atoms with E-state index in [1.165, 1.54) is 71.9 Å². The molecule has 5 aliphatic carbocycles. The number of hydrogen-bond donors (Lipinski definition) is 0. The van der Waals surface area contributed by atoms with Crippen molar-refractivity contribution in [3.63, 3.8) is 0 Å². The van der Waals surface area contributed by atoms with Crippen LogP contribution in [0.2, 0.25) is 0 Å². The second kappa shape index (κ2) is 10.8. The van der Waals surface area contributed by atoms with Gasteiger partial charge in [-0.25, -0.2) is 9.97 Å². The predicted molar refractivity (Wildman–Crippen MR) is 217 cm³/mol. The summed E-state index contributed by atoms with van der Waals surface area (Å²) < 4.78 is 12.9. The lowest BCUT2D eigenvalue weighted by Gasteiger charge is -2.56. The molecule has 4 nitrogen and oxygen atoms in total. The van der Waals surface area contributed by atoms with Crippen LogP contribution >= 0.6 is 0 Å². The number of aromatic nitrogens is 2. The normalized spacial score (nSPS) is 23.4. The first kappa shape index (κ1) is 30.3. The average molecular weight is 711 g/mol. The van der Waals surface area contributed by atoms with E-state index >= 15 is 0 Å². The molecule has 4 heteroatoms. The number of ether oxygens (including phenoxy) is 1. The quantitative estimate of drug-likeness (QED) is 0.183. The van der Waals surface area contributed by atoms with E-state index in [0.29, 0.717) is 0 Å². The maximum Gasteiger partial charge on any atom is 0.135 e. The summed E-state index contributed by atoms with van der Waals surface area (Å²) in [6, 6.07) is 50.4. The molecule has 0 radical (unpaired) electrons. The minimum Gasteiger partial charge on any atom is -0.457 e. The Morgan fingerprint density at radius 1 is 0.473 bits per heavy atom. The van der Waals surface area contributed by atoms with E-state index in [9.17, 15) is 0 Å². The summed E-state index contributed by atoms with van der Waals surface area (Å²) in [4.78, 5) is 11.2. The van der Waals surface area contributed by atoms with Gasteiger partial charge in [0.25, 0.3) is 0 Å². The highest BCUT2D eigenvalue weighted by molar-refractivity contribution is 6.06. The molecule has 6 aliphatic rings. The zero-order valence-corrected chi connectivity index (χ0v) is 30.5. The van der Waals surface area contributed by atoms with E-state index in [1.54, 1.807) is 0 Å². The number of furan rings is 1. The van der Waals surface area contributed by atoms with Crippen molar-refractivity contribution in [1.29, 1.82) is 0 Å². The Morgan fingerprint density at radius 3 is 1.76 bits per heavy atom. The number of para-hydroxylation sites is 3. The monoisotopic (exact) mass is 710 g/mol. The number of hydrogen-bond acceptors (Lipinski definition) is 4. The van der Waals surface area contributed by atoms with Crippen LogP contribution in [0.5, 0.6) is 11.5 Å². The fraction of sp³-hybridized carbons (Fsp3) is 0.216. The van der Waals surface area contributed by atoms with Crippen LogP contribution in [0.25, 0.3) is 55.6 Å². The Labute approximate surface area is 319 Å². The van der Waals surface area contributed by atoms with E-state index in [4.69, 9.17) is 19.1 Å². The van der Waals surface area contributed by atoms with Gasteiger partial charge in [-0.05, 0) is 127 Å². The molecule has 55 heavy (non-hydrogen) atoms. The predicted octanol–water partition coefficient (Wildman–Crippen LogP) is 12.6. The third-order valence-electron chi connectivity index (χ3n) is 14.1. The summed E-state index contributed by atoms with van der Waals surface area (Å²) in [5.41, 5.74) is 13.0. The lowest BCUT2D eigenvalue weighted by Crippen LogP contribution is -2.49. The third kappa shape index (κ3) is 4.12. The molecule has 4 saturated carbocycles. The highest BCUT2D eigenvalue weighted by Gasteiger charge is 2.54. The Morgan fingerprint density at radius 2 is 1.04 bits per heavy atom. The van der Waals surface area contributed by atoms with Crippen LogP contribution in [0.1, 0.15) is 66.6 Å². The topological polar surface area (TPSA) is 48.2 Å². The molecule has 0 unspecified atom stereocenters. The van der Waals surface area contributed by atoms with Crippen molar-refractivity contribution in [2.75, 3.05) is 0 Å². The van der Waals surface area contributed by atoms with Crippen molar-refractivity contribution in [3.8, 4) is 45.1 Å². The number of benzene rings is 6.